The van der Waals surface area contributed by atoms with Crippen LogP contribution in [0, 0.1) is 35.8 Å². The van der Waals surface area contributed by atoms with Crippen molar-refractivity contribution >= 4 is 1350 Å². The van der Waals surface area contributed by atoms with Gasteiger partial charge in [0, 0.05) is 0 Å². The van der Waals surface area contributed by atoms with E-state index < -0.39 is 58.1 Å². The molecule has 8 rings (SSSR count). The molecule has 0 radical (unpaired) electrons. The first-order valence-corrected chi connectivity index (χ1v) is 717. The van der Waals surface area contributed by atoms with Gasteiger partial charge in [0.15, 0.2) is 23.3 Å². The summed E-state index contributed by atoms with van der Waals surface area (Å²) in [5.74, 6) is -14.0. The Balaban J connectivity index is -0.0000000423. The van der Waals surface area contributed by atoms with Gasteiger partial charge < -0.3 is 9.27 Å². The van der Waals surface area contributed by atoms with E-state index in [4.69, 9.17) is 0 Å². The van der Waals surface area contributed by atoms with Crippen LogP contribution in [0.5, 0.6) is 0 Å². The third-order valence-corrected chi connectivity index (χ3v) is 10.4. The first kappa shape index (κ1) is 209. The number of alkyl halides is 4. The summed E-state index contributed by atoms with van der Waals surface area (Å²) in [4.78, 5) is 0. The molecule has 0 heterocycles. The summed E-state index contributed by atoms with van der Waals surface area (Å²) in [6.07, 6.45) is 6.66. The van der Waals surface area contributed by atoms with Crippen LogP contribution in [0.1, 0.15) is 85.2 Å². The summed E-state index contributed by atoms with van der Waals surface area (Å²) >= 11 is 46.4. The molecule has 1 saturated carbocycles. The fourth-order valence-electron chi connectivity index (χ4n) is 7.69. The molecule has 2 atom stereocenters. The maximum absolute atomic E-state index is 14.8. The number of hydrogen-bond donors (Lipinski definition) is 0. The number of rotatable bonds is 4. The first-order valence-electron chi connectivity index (χ1n) is 36.6. The van der Waals surface area contributed by atoms with Gasteiger partial charge in [0.05, 0.1) is 23.0 Å². The molecule has 302 valence electrons. The quantitative estimate of drug-likeness (QED) is 0.124. The van der Waals surface area contributed by atoms with Crippen molar-refractivity contribution in [3.8, 4) is 11.1 Å². The van der Waals surface area contributed by atoms with Gasteiger partial charge in [-0.25, -0.2) is 35.1 Å². The van der Waals surface area contributed by atoms with Crippen molar-refractivity contribution in [2.45, 2.75) is 68.1 Å². The van der Waals surface area contributed by atoms with E-state index >= 15 is 0 Å². The van der Waals surface area contributed by atoms with Gasteiger partial charge in [0.2, 0.25) is 0 Å². The van der Waals surface area contributed by atoms with E-state index in [1.165, 1.54) is 17.7 Å². The summed E-state index contributed by atoms with van der Waals surface area (Å²) in [5.41, 5.74) is 2.70. The summed E-state index contributed by atoms with van der Waals surface area (Å²) < 4.78 is 114. The first-order chi connectivity index (χ1) is 44.0. The minimum atomic E-state index is -3.44. The molecule has 3 aliphatic rings. The summed E-state index contributed by atoms with van der Waals surface area (Å²) in [6, 6.07) is 28.7. The van der Waals surface area contributed by atoms with Gasteiger partial charge in [-0.2, -0.15) is 43.2 Å². The van der Waals surface area contributed by atoms with Gasteiger partial charge >= 0.3 is 1590 Å². The molecule has 0 nitrogen and oxygen atoms in total. The fraction of sp³-hybridized carbons (Fsp3) is 0.262. The predicted molar refractivity (Wildman–Crippen MR) is 408 cm³/mol. The zero-order valence-electron chi connectivity index (χ0n) is 72.8. The van der Waals surface area contributed by atoms with Crippen LogP contribution in [0.4, 0.5) is 35.1 Å². The van der Waals surface area contributed by atoms with Gasteiger partial charge in [-0.1, -0.05) is 73.5 Å². The zero-order valence-corrected chi connectivity index (χ0v) is 287. The molecule has 0 amide bonds. The number of halogens is 8. The van der Waals surface area contributed by atoms with Crippen LogP contribution < -0.4 is 233 Å². The summed E-state index contributed by atoms with van der Waals surface area (Å²) in [5, 5.41) is 0. The molecule has 3 aliphatic carbocycles. The Morgan fingerprint density at radius 1 is 0.319 bits per heavy atom. The molecular formula is C42H34F8Rb44. The number of benzene rings is 5. The second kappa shape index (κ2) is 185. The Hall–Kier alpha value is 75.0. The van der Waals surface area contributed by atoms with Crippen LogP contribution in [-0.2, 0) is 24.7 Å². The average Bonchev–Trinajstić information content (AvgIpc) is 1.89. The molecular weight excluding hydrogens is 4420 g/mol. The molecule has 2 unspecified atom stereocenters. The standard InChI is InChI=1S/C21H19F4.C21H13F4.44Rb.2H/c2*22-18-11-10-16-12-17(21(24,25)19(16)20(18)23)15-8-6-14(7-9-15)13-4-2-1-3-5-13;;;;;;;;;;;;;;;;;;;;;;;;;;;;;;;;;;;;;;;;;;;;;;/h1,6-11,13,17H,2-5,12H2;2-11,17H,12H2;;;;;;;;;;;;;;;;;;;;;;;;;;;;;;;;;;;;;;;;;;;;;;/q2*-1;;;;;;;;;;;;;;;;;;;;;;;;;;;;;;;;;;;;;;;;;4*+1;2*-1. The fourth-order valence-corrected chi connectivity index (χ4v) is 7.69. The second-order valence-electron chi connectivity index (χ2n) is 13.3. The molecule has 5 aromatic carbocycles. The van der Waals surface area contributed by atoms with E-state index in [0.717, 1.165) is 1400 Å². The maximum atomic E-state index is 14.8. The zero-order chi connectivity index (χ0) is 75.2. The predicted octanol–water partition coefficient (Wildman–Crippen LogP) is -14.9. The van der Waals surface area contributed by atoms with Gasteiger partial charge in [-0.15, -0.1) is 5.56 Å². The molecule has 5 aromatic rings. The van der Waals surface area contributed by atoms with E-state index in [1.807, 2.05) is 24.3 Å². The van der Waals surface area contributed by atoms with Crippen molar-refractivity contribution in [3.63, 3.8) is 0 Å². The monoisotopic (exact) mass is 4430 g/mol. The minimum absolute atomic E-state index is 0. The van der Waals surface area contributed by atoms with E-state index in [1.54, 1.807) is 48.5 Å². The summed E-state index contributed by atoms with van der Waals surface area (Å²) in [6.45, 7) is 0. The molecule has 0 saturated heterocycles. The Morgan fingerprint density at radius 3 is 0.798 bits per heavy atom. The van der Waals surface area contributed by atoms with Crippen LogP contribution in [0.15, 0.2) is 97.1 Å². The molecule has 0 aliphatic heterocycles. The van der Waals surface area contributed by atoms with E-state index in [2.05, 4.69) is 12.5 Å². The molecule has 0 N–H and O–H groups in total. The molecule has 1 fully saturated rings. The SMILES string of the molecule is Fc1ccc2c(c1F)C(F)(F)C(c1ccc(-c3cc[c-]cc3)cc1)C2.Fc1ccc2c(c1F)C(F)(F)C(c1ccc(C3CC[CH-]CC3)cc1)C2.[H-].[H-].[Rb+].[Rb+].[Rb+].[Rb+].[Rb][Rb].[Rb][Rb].[Rb][Rb].[Rb][Rb].[Rb][Rb].[Rb][Rb].[Rb][Rb].[Rb][Rb].[Rb][Rb].[Rb][Rb].[Rb][Rb].[Rb][Rb].[Rb][Rb].[Rb][Rb].[Rb][Rb].[Rb][Rb].[Rb][Rb].[Rb][Rb].[Rb][Rb].[Rb][Rb]. The van der Waals surface area contributed by atoms with Crippen molar-refractivity contribution in [2.24, 2.45) is 0 Å². The van der Waals surface area contributed by atoms with Crippen molar-refractivity contribution in [1.82, 2.24) is 0 Å². The van der Waals surface area contributed by atoms with E-state index in [-0.39, 0.29) is 260 Å². The molecule has 94 heavy (non-hydrogen) atoms. The molecule has 0 bridgehead atoms. The van der Waals surface area contributed by atoms with Crippen LogP contribution >= 0.6 is 0 Å². The Morgan fingerprint density at radius 2 is 0.543 bits per heavy atom. The molecule has 52 heteroatoms. The third kappa shape index (κ3) is 124. The second-order valence-corrected chi connectivity index (χ2v) is 13.3. The van der Waals surface area contributed by atoms with Gasteiger partial charge in [-0.05, 0) is 64.3 Å². The van der Waals surface area contributed by atoms with E-state index in [9.17, 15) is 35.1 Å². The Kier molecular flexibility index (Phi) is 412. The normalized spacial score (nSPS) is 12.6. The summed E-state index contributed by atoms with van der Waals surface area (Å²) in [7, 11) is 0. The van der Waals surface area contributed by atoms with Gasteiger partial charge in [0.1, 0.15) is 0 Å². The van der Waals surface area contributed by atoms with Crippen LogP contribution in [0.2, 0.25) is 0 Å². The van der Waals surface area contributed by atoms with Crippen LogP contribution in [-0.4, -0.2) is 1350 Å². The van der Waals surface area contributed by atoms with Crippen LogP contribution in [0.3, 0.4) is 0 Å². The molecule has 0 spiro atoms. The van der Waals surface area contributed by atoms with Crippen molar-refractivity contribution in [3.05, 3.63) is 172 Å². The molecule has 0 aromatic heterocycles. The van der Waals surface area contributed by atoms with Gasteiger partial charge in [0.25, 0.3) is 11.8 Å². The van der Waals surface area contributed by atoms with Crippen molar-refractivity contribution in [1.29, 1.82) is 0 Å². The number of hydrogen-bond acceptors (Lipinski definition) is 0. The number of fused-ring (bicyclic) bond motifs is 2. The van der Waals surface area contributed by atoms with E-state index in [0.29, 0.717) is 17.0 Å². The van der Waals surface area contributed by atoms with Crippen molar-refractivity contribution < 1.29 is 271 Å². The van der Waals surface area contributed by atoms with Crippen LogP contribution in [0.25, 0.3) is 11.1 Å². The van der Waals surface area contributed by atoms with Crippen molar-refractivity contribution in [2.75, 3.05) is 0 Å². The van der Waals surface area contributed by atoms with Gasteiger partial charge in [-0.3, -0.25) is 0 Å². The average molecular weight is 4450 g/mol. The topological polar surface area (TPSA) is 0 Å². The Bertz CT molecular complexity index is 2090. The third-order valence-electron chi connectivity index (χ3n) is 10.4. The Labute approximate surface area is 1750 Å².